The van der Waals surface area contributed by atoms with Crippen LogP contribution in [0.15, 0.2) is 85.2 Å². The second-order valence-electron chi connectivity index (χ2n) is 16.6. The molecule has 2 aliphatic carbocycles. The molecule has 8 rings (SSSR count). The first kappa shape index (κ1) is 38.1. The Kier molecular flexibility index (Phi) is 10.3. The largest absolute Gasteiger partial charge is 0.451 e. The zero-order valence-electron chi connectivity index (χ0n) is 33.0. The molecule has 0 saturated carbocycles. The summed E-state index contributed by atoms with van der Waals surface area (Å²) in [6.45, 7) is 13.3. The van der Waals surface area contributed by atoms with Crippen LogP contribution >= 0.6 is 0 Å². The highest BCUT2D eigenvalue weighted by molar-refractivity contribution is 6.02. The van der Waals surface area contributed by atoms with E-state index in [1.165, 1.54) is 45.2 Å². The summed E-state index contributed by atoms with van der Waals surface area (Å²) >= 11 is 0. The van der Waals surface area contributed by atoms with E-state index in [-0.39, 0.29) is 35.0 Å². The Morgan fingerprint density at radius 2 is 1.25 bits per heavy atom. The van der Waals surface area contributed by atoms with Crippen molar-refractivity contribution < 1.29 is 19.1 Å². The Balaban J connectivity index is 0.000000173. The van der Waals surface area contributed by atoms with Gasteiger partial charge in [-0.2, -0.15) is 14.9 Å². The number of hydrogen-bond acceptors (Lipinski definition) is 6. The number of aromatic nitrogens is 4. The molecule has 2 heterocycles. The lowest BCUT2D eigenvalue weighted by Gasteiger charge is -2.21. The Hall–Kier alpha value is -6.17. The number of aromatic amines is 1. The smallest absolute Gasteiger partial charge is 0.434 e. The van der Waals surface area contributed by atoms with Gasteiger partial charge in [-0.05, 0) is 94.2 Å². The van der Waals surface area contributed by atoms with Gasteiger partial charge in [-0.1, -0.05) is 90.1 Å². The molecule has 12 heteroatoms. The molecule has 0 radical (unpaired) electrons. The van der Waals surface area contributed by atoms with Gasteiger partial charge in [0.25, 0.3) is 0 Å². The van der Waals surface area contributed by atoms with Crippen LogP contribution in [0.5, 0.6) is 0 Å². The van der Waals surface area contributed by atoms with Crippen LogP contribution in [0.2, 0.25) is 0 Å². The number of hydrogen-bond donors (Lipinski definition) is 5. The van der Waals surface area contributed by atoms with Crippen molar-refractivity contribution in [3.63, 3.8) is 0 Å². The van der Waals surface area contributed by atoms with Gasteiger partial charge in [-0.3, -0.25) is 5.10 Å². The lowest BCUT2D eigenvalue weighted by molar-refractivity contribution is 0.170. The Morgan fingerprint density at radius 1 is 0.714 bits per heavy atom. The predicted molar refractivity (Wildman–Crippen MR) is 220 cm³/mol. The number of H-pyrrole nitrogens is 1. The number of rotatable bonds is 4. The first-order chi connectivity index (χ1) is 26.7. The number of amides is 4. The quantitative estimate of drug-likeness (QED) is 0.121. The maximum Gasteiger partial charge on any atom is 0.434 e. The summed E-state index contributed by atoms with van der Waals surface area (Å²) in [6, 6.07) is 23.8. The third-order valence-corrected chi connectivity index (χ3v) is 10.7. The molecule has 5 N–H and O–H groups in total. The molecular weight excluding hydrogens is 705 g/mol. The number of fused-ring (bicyclic) bond motifs is 4. The minimum absolute atomic E-state index is 0.0222. The molecule has 2 aromatic heterocycles. The molecular formula is C44H50N8O4. The lowest BCUT2D eigenvalue weighted by Crippen LogP contribution is -2.31. The van der Waals surface area contributed by atoms with Crippen LogP contribution in [-0.4, -0.2) is 45.2 Å². The van der Waals surface area contributed by atoms with E-state index in [1.807, 2.05) is 18.2 Å². The van der Waals surface area contributed by atoms with Crippen LogP contribution in [0.25, 0.3) is 21.8 Å². The van der Waals surface area contributed by atoms with E-state index in [2.05, 4.69) is 115 Å². The fourth-order valence-electron chi connectivity index (χ4n) is 7.57. The summed E-state index contributed by atoms with van der Waals surface area (Å²) < 4.78 is 5.90. The van der Waals surface area contributed by atoms with Crippen molar-refractivity contribution in [2.45, 2.75) is 90.1 Å². The van der Waals surface area contributed by atoms with Crippen molar-refractivity contribution in [3.8, 4) is 0 Å². The van der Waals surface area contributed by atoms with Gasteiger partial charge in [0.15, 0.2) is 0 Å². The molecule has 0 unspecified atom stereocenters. The van der Waals surface area contributed by atoms with E-state index in [9.17, 15) is 14.4 Å². The third kappa shape index (κ3) is 7.95. The van der Waals surface area contributed by atoms with Crippen LogP contribution in [0, 0.1) is 0 Å². The second kappa shape index (κ2) is 15.2. The molecule has 0 fully saturated rings. The second-order valence-corrected chi connectivity index (χ2v) is 16.6. The molecule has 2 atom stereocenters. The van der Waals surface area contributed by atoms with Gasteiger partial charge in [-0.15, -0.1) is 0 Å². The standard InChI is InChI=1S/C23H26N4O3.C21H24N4O/c1-23(2,3)15-9-10-16-14(12-15)8-11-19(16)26-21(28)25-18-6-5-7-20-17(18)13-24-27(20)22(29)30-4;1-21(2,3)14-8-9-15-13(11-14)7-10-18(15)24-20(26)23-17-5-4-6-19-16(17)12-22-25-19/h5-7,9-10,12-13,19H,8,11H2,1-4H3,(H2,25,26,28);4-6,8-9,11-12,18H,7,10H2,1-3H3,(H,22,25)(H2,23,24,26)/t19-;18-/m00/s1. The van der Waals surface area contributed by atoms with Crippen molar-refractivity contribution in [2.24, 2.45) is 0 Å². The van der Waals surface area contributed by atoms with Gasteiger partial charge < -0.3 is 26.0 Å². The summed E-state index contributed by atoms with van der Waals surface area (Å²) in [5.41, 5.74) is 10.8. The molecule has 290 valence electrons. The minimum atomic E-state index is -0.580. The highest BCUT2D eigenvalue weighted by Gasteiger charge is 2.28. The number of benzene rings is 4. The third-order valence-electron chi connectivity index (χ3n) is 10.7. The number of nitrogens with zero attached hydrogens (tertiary/aromatic N) is 3. The Morgan fingerprint density at radius 3 is 1.79 bits per heavy atom. The highest BCUT2D eigenvalue weighted by atomic mass is 16.5. The van der Waals surface area contributed by atoms with Crippen molar-refractivity contribution in [3.05, 3.63) is 119 Å². The number of carbonyl (C=O) groups excluding carboxylic acids is 3. The van der Waals surface area contributed by atoms with E-state index < -0.39 is 6.09 Å². The van der Waals surface area contributed by atoms with Crippen LogP contribution in [0.4, 0.5) is 25.8 Å². The summed E-state index contributed by atoms with van der Waals surface area (Å²) in [6.07, 6.45) is 6.45. The normalized spacial score (nSPS) is 16.1. The molecule has 4 amide bonds. The predicted octanol–water partition coefficient (Wildman–Crippen LogP) is 9.43. The average Bonchev–Trinajstić information content (AvgIpc) is 3.97. The lowest BCUT2D eigenvalue weighted by atomic mass is 9.85. The number of methoxy groups -OCH3 is 1. The van der Waals surface area contributed by atoms with E-state index in [0.717, 1.165) is 42.3 Å². The van der Waals surface area contributed by atoms with Crippen LogP contribution in [0.3, 0.4) is 0 Å². The van der Waals surface area contributed by atoms with Crippen molar-refractivity contribution >= 4 is 51.3 Å². The summed E-state index contributed by atoms with van der Waals surface area (Å²) in [5, 5.41) is 24.6. The first-order valence-corrected chi connectivity index (χ1v) is 19.1. The topological polar surface area (TPSA) is 155 Å². The van der Waals surface area contributed by atoms with Gasteiger partial charge in [0.05, 0.1) is 54.0 Å². The summed E-state index contributed by atoms with van der Waals surface area (Å²) in [4.78, 5) is 37.1. The highest BCUT2D eigenvalue weighted by Crippen LogP contribution is 2.36. The van der Waals surface area contributed by atoms with Crippen LogP contribution in [0.1, 0.15) is 99.8 Å². The number of anilines is 2. The molecule has 4 aromatic carbocycles. The molecule has 6 aromatic rings. The molecule has 0 spiro atoms. The molecule has 2 aliphatic rings. The molecule has 0 aliphatic heterocycles. The molecule has 56 heavy (non-hydrogen) atoms. The summed E-state index contributed by atoms with van der Waals surface area (Å²) in [7, 11) is 1.30. The zero-order chi connectivity index (χ0) is 39.8. The molecule has 0 bridgehead atoms. The minimum Gasteiger partial charge on any atom is -0.451 e. The number of urea groups is 2. The van der Waals surface area contributed by atoms with Gasteiger partial charge in [0.1, 0.15) is 0 Å². The van der Waals surface area contributed by atoms with Crippen molar-refractivity contribution in [1.82, 2.24) is 30.6 Å². The Labute approximate surface area is 326 Å². The molecule has 12 nitrogen and oxygen atoms in total. The SMILES string of the molecule is CC(C)(C)c1ccc2c(c1)CC[C@@H]2NC(=O)Nc1cccc2[nH]ncc12.COC(=O)n1ncc2c(NC(=O)N[C@H]3CCc4cc(C(C)(C)C)ccc43)cccc21. The van der Waals surface area contributed by atoms with E-state index in [0.29, 0.717) is 16.6 Å². The number of nitrogens with one attached hydrogen (secondary N) is 5. The van der Waals surface area contributed by atoms with E-state index >= 15 is 0 Å². The number of ether oxygens (including phenoxy) is 1. The first-order valence-electron chi connectivity index (χ1n) is 19.1. The van der Waals surface area contributed by atoms with Gasteiger partial charge in [0.2, 0.25) is 0 Å². The number of aryl methyl sites for hydroxylation is 2. The molecule has 0 saturated heterocycles. The van der Waals surface area contributed by atoms with Crippen molar-refractivity contribution in [1.29, 1.82) is 0 Å². The number of carbonyl (C=O) groups is 3. The summed E-state index contributed by atoms with van der Waals surface area (Å²) in [5.74, 6) is 0. The van der Waals surface area contributed by atoms with Crippen LogP contribution in [-0.2, 0) is 28.4 Å². The average molecular weight is 755 g/mol. The van der Waals surface area contributed by atoms with Crippen LogP contribution < -0.4 is 21.3 Å². The van der Waals surface area contributed by atoms with Crippen molar-refractivity contribution in [2.75, 3.05) is 17.7 Å². The van der Waals surface area contributed by atoms with E-state index in [4.69, 9.17) is 4.74 Å². The van der Waals surface area contributed by atoms with Gasteiger partial charge in [0, 0.05) is 10.8 Å². The van der Waals surface area contributed by atoms with Gasteiger partial charge >= 0.3 is 18.2 Å². The maximum absolute atomic E-state index is 12.7. The van der Waals surface area contributed by atoms with Gasteiger partial charge in [-0.25, -0.2) is 14.4 Å². The maximum atomic E-state index is 12.7. The zero-order valence-corrected chi connectivity index (χ0v) is 33.0. The Bertz CT molecular complexity index is 2430. The fraction of sp³-hybridized carbons (Fsp3) is 0.341. The fourth-order valence-corrected chi connectivity index (χ4v) is 7.57. The monoisotopic (exact) mass is 754 g/mol. The van der Waals surface area contributed by atoms with E-state index in [1.54, 1.807) is 30.6 Å².